The molecule has 0 radical (unpaired) electrons. The maximum absolute atomic E-state index is 11.7. The molecule has 3 nitrogen and oxygen atoms in total. The Kier molecular flexibility index (Phi) is 2.33. The van der Waals surface area contributed by atoms with Crippen LogP contribution in [0.5, 0.6) is 0 Å². The van der Waals surface area contributed by atoms with Gasteiger partial charge in [-0.15, -0.1) is 0 Å². The van der Waals surface area contributed by atoms with Crippen LogP contribution in [-0.4, -0.2) is 22.8 Å². The third kappa shape index (κ3) is 1.31. The lowest BCUT2D eigenvalue weighted by Gasteiger charge is -2.31. The van der Waals surface area contributed by atoms with Crippen molar-refractivity contribution < 1.29 is 14.6 Å². The van der Waals surface area contributed by atoms with E-state index in [-0.39, 0.29) is 17.4 Å². The average Bonchev–Trinajstić information content (AvgIpc) is 2.77. The maximum atomic E-state index is 11.7. The molecule has 0 aromatic heterocycles. The van der Waals surface area contributed by atoms with Gasteiger partial charge in [-0.3, -0.25) is 0 Å². The van der Waals surface area contributed by atoms with Gasteiger partial charge in [-0.2, -0.15) is 0 Å². The number of esters is 1. The fourth-order valence-electron chi connectivity index (χ4n) is 3.69. The molecule has 1 saturated heterocycles. The molecule has 3 heteroatoms. The standard InChI is InChI=1S/C15H18O3/c1-8-6-7-15(17)10(3)14(16)18-13(15)12-9(2)4-5-11(8)12/h11-13,17H,1-7H2/t11-,12-,13+,15+/m0/s1. The summed E-state index contributed by atoms with van der Waals surface area (Å²) in [5.74, 6) is -0.170. The summed E-state index contributed by atoms with van der Waals surface area (Å²) in [5.41, 5.74) is 1.17. The Morgan fingerprint density at radius 1 is 1.22 bits per heavy atom. The minimum atomic E-state index is -1.23. The molecule has 18 heavy (non-hydrogen) atoms. The van der Waals surface area contributed by atoms with E-state index in [0.717, 1.165) is 30.4 Å². The monoisotopic (exact) mass is 246 g/mol. The summed E-state index contributed by atoms with van der Waals surface area (Å²) in [7, 11) is 0. The van der Waals surface area contributed by atoms with Gasteiger partial charge in [0.1, 0.15) is 11.7 Å². The number of rotatable bonds is 0. The molecule has 0 unspecified atom stereocenters. The molecule has 3 fully saturated rings. The fraction of sp³-hybridized carbons (Fsp3) is 0.533. The van der Waals surface area contributed by atoms with E-state index in [1.54, 1.807) is 0 Å². The van der Waals surface area contributed by atoms with E-state index in [9.17, 15) is 9.90 Å². The zero-order valence-corrected chi connectivity index (χ0v) is 10.4. The van der Waals surface area contributed by atoms with Crippen molar-refractivity contribution >= 4 is 5.97 Å². The van der Waals surface area contributed by atoms with E-state index in [0.29, 0.717) is 6.42 Å². The Bertz CT molecular complexity index is 476. The zero-order valence-electron chi connectivity index (χ0n) is 10.4. The van der Waals surface area contributed by atoms with Crippen molar-refractivity contribution in [2.75, 3.05) is 0 Å². The quantitative estimate of drug-likeness (QED) is 0.404. The molecule has 1 aliphatic heterocycles. The van der Waals surface area contributed by atoms with Gasteiger partial charge in [0.25, 0.3) is 0 Å². The molecule has 1 N–H and O–H groups in total. The Morgan fingerprint density at radius 2 is 1.94 bits per heavy atom. The van der Waals surface area contributed by atoms with Gasteiger partial charge < -0.3 is 9.84 Å². The Morgan fingerprint density at radius 3 is 2.67 bits per heavy atom. The molecule has 0 aromatic rings. The number of aliphatic hydroxyl groups is 1. The Labute approximate surface area is 107 Å². The minimum absolute atomic E-state index is 0.00759. The number of hydrogen-bond acceptors (Lipinski definition) is 3. The number of allylic oxidation sites excluding steroid dienone is 1. The van der Waals surface area contributed by atoms with Crippen LogP contribution in [0.1, 0.15) is 25.7 Å². The number of ether oxygens (including phenoxy) is 1. The summed E-state index contributed by atoms with van der Waals surface area (Å²) in [5, 5.41) is 10.8. The first-order valence-electron chi connectivity index (χ1n) is 6.43. The van der Waals surface area contributed by atoms with E-state index >= 15 is 0 Å². The van der Waals surface area contributed by atoms with Crippen molar-refractivity contribution in [2.45, 2.75) is 37.4 Å². The van der Waals surface area contributed by atoms with Crippen LogP contribution in [0.25, 0.3) is 0 Å². The molecule has 3 aliphatic rings. The second-order valence-corrected chi connectivity index (χ2v) is 5.72. The highest BCUT2D eigenvalue weighted by Crippen LogP contribution is 2.53. The molecule has 2 aliphatic carbocycles. The molecule has 3 rings (SSSR count). The Hall–Kier alpha value is -1.35. The van der Waals surface area contributed by atoms with E-state index in [4.69, 9.17) is 4.74 Å². The van der Waals surface area contributed by atoms with Gasteiger partial charge in [0.05, 0.1) is 5.57 Å². The highest BCUT2D eigenvalue weighted by Gasteiger charge is 2.58. The molecule has 1 heterocycles. The third-order valence-electron chi connectivity index (χ3n) is 4.83. The lowest BCUT2D eigenvalue weighted by Crippen LogP contribution is -2.43. The fourth-order valence-corrected chi connectivity index (χ4v) is 3.69. The molecule has 0 amide bonds. The second-order valence-electron chi connectivity index (χ2n) is 5.72. The topological polar surface area (TPSA) is 46.5 Å². The summed E-state index contributed by atoms with van der Waals surface area (Å²) in [4.78, 5) is 11.7. The third-order valence-corrected chi connectivity index (χ3v) is 4.83. The van der Waals surface area contributed by atoms with Crippen LogP contribution in [0.4, 0.5) is 0 Å². The minimum Gasteiger partial charge on any atom is -0.455 e. The molecular weight excluding hydrogens is 228 g/mol. The van der Waals surface area contributed by atoms with Gasteiger partial charge in [-0.1, -0.05) is 30.9 Å². The molecule has 0 aromatic carbocycles. The number of fused-ring (bicyclic) bond motifs is 3. The van der Waals surface area contributed by atoms with Gasteiger partial charge in [0.2, 0.25) is 0 Å². The van der Waals surface area contributed by atoms with Gasteiger partial charge >= 0.3 is 5.97 Å². The first-order chi connectivity index (χ1) is 8.45. The van der Waals surface area contributed by atoms with E-state index in [2.05, 4.69) is 19.7 Å². The lowest BCUT2D eigenvalue weighted by molar-refractivity contribution is -0.144. The predicted molar refractivity (Wildman–Crippen MR) is 67.7 cm³/mol. The van der Waals surface area contributed by atoms with Crippen molar-refractivity contribution in [1.82, 2.24) is 0 Å². The van der Waals surface area contributed by atoms with Crippen molar-refractivity contribution in [3.63, 3.8) is 0 Å². The first kappa shape index (κ1) is 11.7. The van der Waals surface area contributed by atoms with Crippen LogP contribution in [0.2, 0.25) is 0 Å². The summed E-state index contributed by atoms with van der Waals surface area (Å²) >= 11 is 0. The molecule has 0 bridgehead atoms. The zero-order chi connectivity index (χ0) is 13.1. The van der Waals surface area contributed by atoms with Crippen molar-refractivity contribution in [1.29, 1.82) is 0 Å². The second kappa shape index (κ2) is 3.58. The Balaban J connectivity index is 2.08. The van der Waals surface area contributed by atoms with Gasteiger partial charge in [0, 0.05) is 5.92 Å². The smallest absolute Gasteiger partial charge is 0.336 e. The largest absolute Gasteiger partial charge is 0.455 e. The van der Waals surface area contributed by atoms with Gasteiger partial charge in [0.15, 0.2) is 0 Å². The summed E-state index contributed by atoms with van der Waals surface area (Å²) in [6.07, 6.45) is 2.60. The van der Waals surface area contributed by atoms with Crippen LogP contribution >= 0.6 is 0 Å². The average molecular weight is 246 g/mol. The number of carbonyl (C=O) groups is 1. The number of hydrogen-bond donors (Lipinski definition) is 1. The highest BCUT2D eigenvalue weighted by molar-refractivity contribution is 5.93. The lowest BCUT2D eigenvalue weighted by atomic mass is 9.79. The molecule has 2 saturated carbocycles. The van der Waals surface area contributed by atoms with Crippen molar-refractivity contribution in [3.8, 4) is 0 Å². The van der Waals surface area contributed by atoms with E-state index in [1.807, 2.05) is 0 Å². The van der Waals surface area contributed by atoms with Gasteiger partial charge in [-0.05, 0) is 31.6 Å². The van der Waals surface area contributed by atoms with Crippen LogP contribution in [-0.2, 0) is 9.53 Å². The molecule has 4 atom stereocenters. The molecular formula is C15H18O3. The SMILES string of the molecule is C=C1CC[C@H]2C(=C)CC[C@@]3(O)C(=C)C(=O)O[C@@H]3[C@@H]12. The van der Waals surface area contributed by atoms with E-state index < -0.39 is 17.7 Å². The predicted octanol–water partition coefficient (Wildman–Crippen LogP) is 2.13. The first-order valence-corrected chi connectivity index (χ1v) is 6.43. The highest BCUT2D eigenvalue weighted by atomic mass is 16.6. The molecule has 0 spiro atoms. The maximum Gasteiger partial charge on any atom is 0.336 e. The normalized spacial score (nSPS) is 43.5. The van der Waals surface area contributed by atoms with Crippen LogP contribution < -0.4 is 0 Å². The van der Waals surface area contributed by atoms with Crippen LogP contribution in [0.15, 0.2) is 36.5 Å². The van der Waals surface area contributed by atoms with Crippen molar-refractivity contribution in [3.05, 3.63) is 36.5 Å². The van der Waals surface area contributed by atoms with Crippen molar-refractivity contribution in [2.24, 2.45) is 11.8 Å². The molecule has 96 valence electrons. The van der Waals surface area contributed by atoms with Gasteiger partial charge in [-0.25, -0.2) is 4.79 Å². The van der Waals surface area contributed by atoms with Crippen LogP contribution in [0, 0.1) is 11.8 Å². The summed E-state index contributed by atoms with van der Waals surface area (Å²) in [6.45, 7) is 11.9. The van der Waals surface area contributed by atoms with E-state index in [1.165, 1.54) is 0 Å². The summed E-state index contributed by atoms with van der Waals surface area (Å²) in [6, 6.07) is 0. The summed E-state index contributed by atoms with van der Waals surface area (Å²) < 4.78 is 5.40. The van der Waals surface area contributed by atoms with Crippen LogP contribution in [0.3, 0.4) is 0 Å². The number of carbonyl (C=O) groups excluding carboxylic acids is 1.